The fourth-order valence-corrected chi connectivity index (χ4v) is 3.33. The van der Waals surface area contributed by atoms with Gasteiger partial charge in [0.15, 0.2) is 0 Å². The molecule has 0 aliphatic carbocycles. The van der Waals surface area contributed by atoms with Crippen LogP contribution < -0.4 is 5.63 Å². The molecule has 0 saturated heterocycles. The quantitative estimate of drug-likeness (QED) is 0.675. The van der Waals surface area contributed by atoms with Crippen molar-refractivity contribution in [2.45, 2.75) is 33.7 Å². The van der Waals surface area contributed by atoms with Crippen LogP contribution in [0.4, 0.5) is 0 Å². The second-order valence-corrected chi connectivity index (χ2v) is 6.56. The summed E-state index contributed by atoms with van der Waals surface area (Å²) in [7, 11) is 0. The number of phenolic OH excluding ortho intramolecular Hbond substituents is 1. The van der Waals surface area contributed by atoms with Gasteiger partial charge in [-0.15, -0.1) is 0 Å². The molecule has 0 aliphatic rings. The van der Waals surface area contributed by atoms with Crippen LogP contribution in [0.3, 0.4) is 0 Å². The fraction of sp³-hybridized carbons (Fsp3) is 0.318. The van der Waals surface area contributed by atoms with E-state index in [1.807, 2.05) is 43.3 Å². The van der Waals surface area contributed by atoms with Crippen LogP contribution in [-0.4, -0.2) is 23.1 Å². The lowest BCUT2D eigenvalue weighted by atomic mass is 9.98. The summed E-state index contributed by atoms with van der Waals surface area (Å²) in [5, 5.41) is 11.2. The zero-order valence-corrected chi connectivity index (χ0v) is 15.6. The van der Waals surface area contributed by atoms with Crippen LogP contribution in [0, 0.1) is 6.92 Å². The Morgan fingerprint density at radius 3 is 2.35 bits per heavy atom. The zero-order valence-electron chi connectivity index (χ0n) is 15.6. The first-order valence-corrected chi connectivity index (χ1v) is 9.08. The first-order chi connectivity index (χ1) is 12.5. The van der Waals surface area contributed by atoms with E-state index < -0.39 is 0 Å². The minimum Gasteiger partial charge on any atom is -0.507 e. The number of aromatic hydroxyl groups is 1. The van der Waals surface area contributed by atoms with Crippen molar-refractivity contribution >= 4 is 11.0 Å². The number of benzene rings is 2. The first-order valence-electron chi connectivity index (χ1n) is 9.08. The first kappa shape index (κ1) is 18.2. The van der Waals surface area contributed by atoms with Crippen LogP contribution in [0.25, 0.3) is 11.0 Å². The van der Waals surface area contributed by atoms with Gasteiger partial charge >= 0.3 is 5.63 Å². The van der Waals surface area contributed by atoms with Crippen LogP contribution in [0.1, 0.15) is 36.1 Å². The molecule has 0 spiro atoms. The van der Waals surface area contributed by atoms with Gasteiger partial charge in [-0.05, 0) is 43.3 Å². The standard InChI is InChI=1S/C22H25NO3/c1-4-23(5-2)14-19-20(24)12-11-17-15(3)18(22(25)26-21(17)19)13-16-9-7-6-8-10-16/h6-12,24H,4-5,13-14H2,1-3H3. The molecule has 26 heavy (non-hydrogen) atoms. The average molecular weight is 351 g/mol. The van der Waals surface area contributed by atoms with Gasteiger partial charge < -0.3 is 9.52 Å². The molecule has 0 aliphatic heterocycles. The second kappa shape index (κ2) is 7.75. The second-order valence-electron chi connectivity index (χ2n) is 6.56. The minimum atomic E-state index is -0.328. The molecule has 4 heteroatoms. The number of fused-ring (bicyclic) bond motifs is 1. The number of aryl methyl sites for hydroxylation is 1. The van der Waals surface area contributed by atoms with Crippen molar-refractivity contribution in [2.75, 3.05) is 13.1 Å². The molecule has 2 aromatic carbocycles. The topological polar surface area (TPSA) is 53.7 Å². The van der Waals surface area contributed by atoms with E-state index in [1.165, 1.54) is 0 Å². The Hall–Kier alpha value is -2.59. The van der Waals surface area contributed by atoms with Gasteiger partial charge in [-0.2, -0.15) is 0 Å². The lowest BCUT2D eigenvalue weighted by Crippen LogP contribution is -2.22. The normalized spacial score (nSPS) is 11.4. The summed E-state index contributed by atoms with van der Waals surface area (Å²) >= 11 is 0. The Labute approximate surface area is 153 Å². The maximum atomic E-state index is 12.7. The smallest absolute Gasteiger partial charge is 0.340 e. The number of rotatable bonds is 6. The predicted molar refractivity (Wildman–Crippen MR) is 105 cm³/mol. The van der Waals surface area contributed by atoms with Crippen molar-refractivity contribution < 1.29 is 9.52 Å². The van der Waals surface area contributed by atoms with Gasteiger partial charge in [0.25, 0.3) is 0 Å². The van der Waals surface area contributed by atoms with Gasteiger partial charge in [0.05, 0.1) is 5.56 Å². The van der Waals surface area contributed by atoms with Crippen LogP contribution in [0.5, 0.6) is 5.75 Å². The van der Waals surface area contributed by atoms with Gasteiger partial charge in [0.1, 0.15) is 11.3 Å². The Balaban J connectivity index is 2.13. The van der Waals surface area contributed by atoms with Gasteiger partial charge in [0, 0.05) is 23.9 Å². The Bertz CT molecular complexity index is 957. The maximum absolute atomic E-state index is 12.7. The Morgan fingerprint density at radius 2 is 1.69 bits per heavy atom. The van der Waals surface area contributed by atoms with Crippen LogP contribution >= 0.6 is 0 Å². The molecule has 4 nitrogen and oxygen atoms in total. The predicted octanol–water partition coefficient (Wildman–Crippen LogP) is 4.24. The molecule has 1 N–H and O–H groups in total. The molecule has 136 valence electrons. The van der Waals surface area contributed by atoms with E-state index in [0.29, 0.717) is 29.7 Å². The van der Waals surface area contributed by atoms with Crippen molar-refractivity contribution in [1.82, 2.24) is 4.90 Å². The highest BCUT2D eigenvalue weighted by Gasteiger charge is 2.18. The Kier molecular flexibility index (Phi) is 5.43. The number of hydrogen-bond donors (Lipinski definition) is 1. The SMILES string of the molecule is CCN(CC)Cc1c(O)ccc2c(C)c(Cc3ccccc3)c(=O)oc12. The molecule has 0 atom stereocenters. The molecule has 0 amide bonds. The number of nitrogens with zero attached hydrogens (tertiary/aromatic N) is 1. The van der Waals surface area contributed by atoms with E-state index in [0.717, 1.165) is 29.6 Å². The van der Waals surface area contributed by atoms with E-state index in [2.05, 4.69) is 18.7 Å². The molecule has 1 heterocycles. The largest absolute Gasteiger partial charge is 0.507 e. The summed E-state index contributed by atoms with van der Waals surface area (Å²) in [6, 6.07) is 13.4. The molecule has 3 aromatic rings. The molecule has 0 unspecified atom stereocenters. The van der Waals surface area contributed by atoms with Gasteiger partial charge in [-0.3, -0.25) is 4.90 Å². The van der Waals surface area contributed by atoms with Gasteiger partial charge in [0.2, 0.25) is 0 Å². The fourth-order valence-electron chi connectivity index (χ4n) is 3.33. The van der Waals surface area contributed by atoms with E-state index >= 15 is 0 Å². The molecule has 0 radical (unpaired) electrons. The summed E-state index contributed by atoms with van der Waals surface area (Å²) in [5.41, 5.74) is 3.51. The van der Waals surface area contributed by atoms with Crippen LogP contribution in [-0.2, 0) is 13.0 Å². The third-order valence-electron chi connectivity index (χ3n) is 5.03. The van der Waals surface area contributed by atoms with E-state index in [4.69, 9.17) is 4.42 Å². The molecule has 0 bridgehead atoms. The lowest BCUT2D eigenvalue weighted by Gasteiger charge is -2.20. The summed E-state index contributed by atoms with van der Waals surface area (Å²) in [6.45, 7) is 8.38. The van der Waals surface area contributed by atoms with Crippen molar-refractivity contribution in [1.29, 1.82) is 0 Å². The monoisotopic (exact) mass is 351 g/mol. The number of hydrogen-bond acceptors (Lipinski definition) is 4. The minimum absolute atomic E-state index is 0.169. The van der Waals surface area contributed by atoms with E-state index in [-0.39, 0.29) is 11.4 Å². The Morgan fingerprint density at radius 1 is 1.00 bits per heavy atom. The van der Waals surface area contributed by atoms with Gasteiger partial charge in [-0.25, -0.2) is 4.79 Å². The van der Waals surface area contributed by atoms with Crippen LogP contribution in [0.2, 0.25) is 0 Å². The highest BCUT2D eigenvalue weighted by molar-refractivity contribution is 5.85. The van der Waals surface area contributed by atoms with Gasteiger partial charge in [-0.1, -0.05) is 44.2 Å². The highest BCUT2D eigenvalue weighted by Crippen LogP contribution is 2.30. The number of phenols is 1. The summed E-state index contributed by atoms with van der Waals surface area (Å²) in [6.07, 6.45) is 0.539. The molecule has 3 rings (SSSR count). The maximum Gasteiger partial charge on any atom is 0.340 e. The van der Waals surface area contributed by atoms with E-state index in [1.54, 1.807) is 6.07 Å². The lowest BCUT2D eigenvalue weighted by molar-refractivity contribution is 0.290. The van der Waals surface area contributed by atoms with Crippen molar-refractivity contribution in [3.05, 3.63) is 75.1 Å². The summed E-state index contributed by atoms with van der Waals surface area (Å²) < 4.78 is 5.71. The summed E-state index contributed by atoms with van der Waals surface area (Å²) in [5.74, 6) is 0.169. The molecule has 1 aromatic heterocycles. The third-order valence-corrected chi connectivity index (χ3v) is 5.03. The third kappa shape index (κ3) is 3.51. The molecule has 0 saturated carbocycles. The molecule has 0 fully saturated rings. The van der Waals surface area contributed by atoms with Crippen LogP contribution in [0.15, 0.2) is 51.7 Å². The zero-order chi connectivity index (χ0) is 18.7. The van der Waals surface area contributed by atoms with E-state index in [9.17, 15) is 9.90 Å². The highest BCUT2D eigenvalue weighted by atomic mass is 16.4. The van der Waals surface area contributed by atoms with Crippen molar-refractivity contribution in [3.63, 3.8) is 0 Å². The van der Waals surface area contributed by atoms with Crippen molar-refractivity contribution in [2.24, 2.45) is 0 Å². The molecular formula is C22H25NO3. The van der Waals surface area contributed by atoms with Crippen molar-refractivity contribution in [3.8, 4) is 5.75 Å². The summed E-state index contributed by atoms with van der Waals surface area (Å²) in [4.78, 5) is 14.9. The molecular weight excluding hydrogens is 326 g/mol. The average Bonchev–Trinajstić information content (AvgIpc) is 2.65.